The third-order valence-electron chi connectivity index (χ3n) is 2.70. The molecule has 2 nitrogen and oxygen atoms in total. The molecule has 1 aliphatic carbocycles. The Morgan fingerprint density at radius 3 is 2.83 bits per heavy atom. The summed E-state index contributed by atoms with van der Waals surface area (Å²) >= 11 is 0. The number of hydrogen-bond donors (Lipinski definition) is 0. The zero-order valence-corrected chi connectivity index (χ0v) is 7.55. The quantitative estimate of drug-likeness (QED) is 0.673. The number of aromatic nitrogens is 1. The lowest BCUT2D eigenvalue weighted by Crippen LogP contribution is -1.87. The van der Waals surface area contributed by atoms with Crippen molar-refractivity contribution in [2.45, 2.75) is 44.9 Å². The van der Waals surface area contributed by atoms with Crippen molar-refractivity contribution in [1.82, 2.24) is 5.16 Å². The van der Waals surface area contributed by atoms with Gasteiger partial charge in [0.1, 0.15) is 5.76 Å². The van der Waals surface area contributed by atoms with Crippen molar-refractivity contribution in [3.05, 3.63) is 17.5 Å². The van der Waals surface area contributed by atoms with E-state index in [2.05, 4.69) is 18.1 Å². The number of rotatable bonds is 2. The Kier molecular flexibility index (Phi) is 2.15. The van der Waals surface area contributed by atoms with Gasteiger partial charge in [0.25, 0.3) is 0 Å². The van der Waals surface area contributed by atoms with Crippen LogP contribution in [0.2, 0.25) is 0 Å². The minimum absolute atomic E-state index is 0.665. The van der Waals surface area contributed by atoms with Crippen molar-refractivity contribution < 1.29 is 4.52 Å². The zero-order valence-electron chi connectivity index (χ0n) is 7.55. The van der Waals surface area contributed by atoms with E-state index in [1.807, 2.05) is 0 Å². The van der Waals surface area contributed by atoms with Crippen LogP contribution >= 0.6 is 0 Å². The average Bonchev–Trinajstić information content (AvgIpc) is 2.75. The first-order chi connectivity index (χ1) is 5.90. The van der Waals surface area contributed by atoms with Gasteiger partial charge in [-0.15, -0.1) is 0 Å². The van der Waals surface area contributed by atoms with Gasteiger partial charge < -0.3 is 4.52 Å². The lowest BCUT2D eigenvalue weighted by molar-refractivity contribution is 0.356. The fourth-order valence-electron chi connectivity index (χ4n) is 1.90. The van der Waals surface area contributed by atoms with Gasteiger partial charge in [-0.2, -0.15) is 0 Å². The first-order valence-corrected chi connectivity index (χ1v) is 4.85. The van der Waals surface area contributed by atoms with Crippen molar-refractivity contribution >= 4 is 0 Å². The van der Waals surface area contributed by atoms with Crippen molar-refractivity contribution in [2.24, 2.45) is 0 Å². The minimum atomic E-state index is 0.665. The van der Waals surface area contributed by atoms with E-state index in [9.17, 15) is 0 Å². The Morgan fingerprint density at radius 2 is 2.25 bits per heavy atom. The SMILES string of the molecule is CCc1cc(C2CCCC2)on1. The van der Waals surface area contributed by atoms with E-state index in [0.717, 1.165) is 17.9 Å². The molecule has 12 heavy (non-hydrogen) atoms. The summed E-state index contributed by atoms with van der Waals surface area (Å²) in [6.07, 6.45) is 6.27. The molecule has 0 bridgehead atoms. The second-order valence-electron chi connectivity index (χ2n) is 3.56. The van der Waals surface area contributed by atoms with Crippen LogP contribution in [-0.4, -0.2) is 5.16 Å². The molecule has 0 saturated heterocycles. The Balaban J connectivity index is 2.11. The van der Waals surface area contributed by atoms with E-state index in [1.54, 1.807) is 0 Å². The fourth-order valence-corrected chi connectivity index (χ4v) is 1.90. The summed E-state index contributed by atoms with van der Waals surface area (Å²) in [5.41, 5.74) is 1.09. The maximum atomic E-state index is 5.29. The van der Waals surface area contributed by atoms with Crippen LogP contribution in [0.5, 0.6) is 0 Å². The summed E-state index contributed by atoms with van der Waals surface area (Å²) in [7, 11) is 0. The second kappa shape index (κ2) is 3.30. The highest BCUT2D eigenvalue weighted by Gasteiger charge is 2.20. The molecule has 0 aromatic carbocycles. The van der Waals surface area contributed by atoms with Gasteiger partial charge in [0.15, 0.2) is 0 Å². The summed E-state index contributed by atoms with van der Waals surface area (Å²) in [6.45, 7) is 2.11. The van der Waals surface area contributed by atoms with E-state index < -0.39 is 0 Å². The molecule has 1 fully saturated rings. The summed E-state index contributed by atoms with van der Waals surface area (Å²) in [4.78, 5) is 0. The summed E-state index contributed by atoms with van der Waals surface area (Å²) in [6, 6.07) is 2.12. The number of nitrogens with zero attached hydrogens (tertiary/aromatic N) is 1. The smallest absolute Gasteiger partial charge is 0.140 e. The standard InChI is InChI=1S/C10H15NO/c1-2-9-7-10(12-11-9)8-5-3-4-6-8/h7-8H,2-6H2,1H3. The van der Waals surface area contributed by atoms with Gasteiger partial charge in [-0.25, -0.2) is 0 Å². The molecule has 1 heterocycles. The van der Waals surface area contributed by atoms with Gasteiger partial charge in [0.05, 0.1) is 5.69 Å². The van der Waals surface area contributed by atoms with Gasteiger partial charge in [-0.1, -0.05) is 24.9 Å². The maximum Gasteiger partial charge on any atom is 0.140 e. The topological polar surface area (TPSA) is 26.0 Å². The highest BCUT2D eigenvalue weighted by molar-refractivity contribution is 5.10. The van der Waals surface area contributed by atoms with E-state index >= 15 is 0 Å². The number of aryl methyl sites for hydroxylation is 1. The molecular formula is C10H15NO. The largest absolute Gasteiger partial charge is 0.361 e. The van der Waals surface area contributed by atoms with E-state index in [4.69, 9.17) is 4.52 Å². The normalized spacial score (nSPS) is 18.8. The van der Waals surface area contributed by atoms with Crippen LogP contribution in [0.3, 0.4) is 0 Å². The van der Waals surface area contributed by atoms with Gasteiger partial charge in [0.2, 0.25) is 0 Å². The van der Waals surface area contributed by atoms with Crippen molar-refractivity contribution in [1.29, 1.82) is 0 Å². The minimum Gasteiger partial charge on any atom is -0.361 e. The fraction of sp³-hybridized carbons (Fsp3) is 0.700. The lowest BCUT2D eigenvalue weighted by atomic mass is 10.1. The molecule has 2 heteroatoms. The molecule has 1 aliphatic rings. The van der Waals surface area contributed by atoms with Crippen LogP contribution in [0.4, 0.5) is 0 Å². The lowest BCUT2D eigenvalue weighted by Gasteiger charge is -2.00. The van der Waals surface area contributed by atoms with Crippen molar-refractivity contribution in [3.63, 3.8) is 0 Å². The van der Waals surface area contributed by atoms with E-state index in [-0.39, 0.29) is 0 Å². The molecule has 0 unspecified atom stereocenters. The highest BCUT2D eigenvalue weighted by Crippen LogP contribution is 2.34. The van der Waals surface area contributed by atoms with Crippen LogP contribution in [0.1, 0.15) is 50.0 Å². The molecule has 0 aliphatic heterocycles. The molecule has 0 spiro atoms. The monoisotopic (exact) mass is 165 g/mol. The molecule has 1 aromatic heterocycles. The first-order valence-electron chi connectivity index (χ1n) is 4.85. The Labute approximate surface area is 72.9 Å². The summed E-state index contributed by atoms with van der Waals surface area (Å²) < 4.78 is 5.29. The molecular weight excluding hydrogens is 150 g/mol. The molecule has 0 N–H and O–H groups in total. The van der Waals surface area contributed by atoms with Gasteiger partial charge in [-0.05, 0) is 19.3 Å². The predicted molar refractivity (Wildman–Crippen MR) is 47.1 cm³/mol. The summed E-state index contributed by atoms with van der Waals surface area (Å²) in [5, 5.41) is 4.00. The van der Waals surface area contributed by atoms with Gasteiger partial charge >= 0.3 is 0 Å². The van der Waals surface area contributed by atoms with E-state index in [1.165, 1.54) is 25.7 Å². The highest BCUT2D eigenvalue weighted by atomic mass is 16.5. The van der Waals surface area contributed by atoms with Crippen molar-refractivity contribution in [2.75, 3.05) is 0 Å². The third-order valence-corrected chi connectivity index (χ3v) is 2.70. The van der Waals surface area contributed by atoms with Crippen LogP contribution in [0.25, 0.3) is 0 Å². The van der Waals surface area contributed by atoms with Gasteiger partial charge in [0, 0.05) is 12.0 Å². The Morgan fingerprint density at radius 1 is 1.50 bits per heavy atom. The van der Waals surface area contributed by atoms with Crippen LogP contribution in [0, 0.1) is 0 Å². The molecule has 1 aromatic rings. The zero-order chi connectivity index (χ0) is 8.39. The molecule has 0 atom stereocenters. The predicted octanol–water partition coefficient (Wildman–Crippen LogP) is 2.89. The number of hydrogen-bond acceptors (Lipinski definition) is 2. The Bertz CT molecular complexity index is 248. The molecule has 0 amide bonds. The second-order valence-corrected chi connectivity index (χ2v) is 3.56. The third kappa shape index (κ3) is 1.38. The van der Waals surface area contributed by atoms with Crippen LogP contribution in [0.15, 0.2) is 10.6 Å². The van der Waals surface area contributed by atoms with Crippen LogP contribution in [-0.2, 0) is 6.42 Å². The molecule has 1 saturated carbocycles. The van der Waals surface area contributed by atoms with Crippen LogP contribution < -0.4 is 0 Å². The molecule has 2 rings (SSSR count). The van der Waals surface area contributed by atoms with Gasteiger partial charge in [-0.3, -0.25) is 0 Å². The summed E-state index contributed by atoms with van der Waals surface area (Å²) in [5.74, 6) is 1.78. The maximum absolute atomic E-state index is 5.29. The Hall–Kier alpha value is -0.790. The molecule has 0 radical (unpaired) electrons. The first kappa shape index (κ1) is 7.84. The van der Waals surface area contributed by atoms with Crippen molar-refractivity contribution in [3.8, 4) is 0 Å². The molecule has 66 valence electrons. The van der Waals surface area contributed by atoms with E-state index in [0.29, 0.717) is 5.92 Å². The average molecular weight is 165 g/mol.